The molecular formula is C14H12N2O2S2. The highest BCUT2D eigenvalue weighted by molar-refractivity contribution is 7.98. The molecule has 2 aromatic heterocycles. The van der Waals surface area contributed by atoms with Crippen molar-refractivity contribution in [2.75, 3.05) is 0 Å². The molecule has 2 N–H and O–H groups in total. The van der Waals surface area contributed by atoms with Crippen molar-refractivity contribution in [1.82, 2.24) is 9.97 Å². The molecular weight excluding hydrogens is 292 g/mol. The first-order valence-corrected chi connectivity index (χ1v) is 7.92. The molecule has 102 valence electrons. The van der Waals surface area contributed by atoms with Crippen LogP contribution in [0.4, 0.5) is 0 Å². The Morgan fingerprint density at radius 2 is 2.25 bits per heavy atom. The highest BCUT2D eigenvalue weighted by Crippen LogP contribution is 2.23. The second-order valence-corrected chi connectivity index (χ2v) is 6.21. The minimum atomic E-state index is -0.0790. The van der Waals surface area contributed by atoms with Gasteiger partial charge in [-0.2, -0.15) is 0 Å². The molecule has 3 rings (SSSR count). The number of nitrogens with zero attached hydrogens (tertiary/aromatic N) is 1. The van der Waals surface area contributed by atoms with Crippen LogP contribution in [-0.4, -0.2) is 15.1 Å². The molecule has 0 atom stereocenters. The Labute approximate surface area is 123 Å². The molecule has 0 radical (unpaired) electrons. The first-order chi connectivity index (χ1) is 9.76. The maximum absolute atomic E-state index is 11.8. The lowest BCUT2D eigenvalue weighted by molar-refractivity contribution is 0.281. The summed E-state index contributed by atoms with van der Waals surface area (Å²) in [4.78, 5) is 20.1. The standard InChI is InChI=1S/C14H12N2O2S2/c17-7-9-2-1-3-10(6-9)20-8-12-15-11-4-5-19-13(11)14(18)16-12/h1-6,17H,7-8H2,(H,15,16,18). The molecule has 0 fully saturated rings. The van der Waals surface area contributed by atoms with Crippen molar-refractivity contribution in [3.63, 3.8) is 0 Å². The minimum absolute atomic E-state index is 0.0321. The Balaban J connectivity index is 1.80. The van der Waals surface area contributed by atoms with Crippen molar-refractivity contribution in [3.8, 4) is 0 Å². The smallest absolute Gasteiger partial charge is 0.268 e. The lowest BCUT2D eigenvalue weighted by Gasteiger charge is -2.03. The first kappa shape index (κ1) is 13.4. The Bertz CT molecular complexity index is 795. The fraction of sp³-hybridized carbons (Fsp3) is 0.143. The molecule has 3 aromatic rings. The normalized spacial score (nSPS) is 11.1. The number of aliphatic hydroxyl groups is 1. The molecule has 20 heavy (non-hydrogen) atoms. The van der Waals surface area contributed by atoms with Crippen molar-refractivity contribution >= 4 is 33.3 Å². The van der Waals surface area contributed by atoms with Gasteiger partial charge >= 0.3 is 0 Å². The van der Waals surface area contributed by atoms with Crippen LogP contribution in [0.5, 0.6) is 0 Å². The number of thioether (sulfide) groups is 1. The van der Waals surface area contributed by atoms with Crippen molar-refractivity contribution in [1.29, 1.82) is 0 Å². The van der Waals surface area contributed by atoms with Gasteiger partial charge in [0.1, 0.15) is 10.5 Å². The monoisotopic (exact) mass is 304 g/mol. The maximum atomic E-state index is 11.8. The molecule has 0 spiro atoms. The van der Waals surface area contributed by atoms with Gasteiger partial charge in [0.25, 0.3) is 5.56 Å². The van der Waals surface area contributed by atoms with Gasteiger partial charge in [-0.1, -0.05) is 12.1 Å². The van der Waals surface area contributed by atoms with E-state index in [4.69, 9.17) is 5.11 Å². The van der Waals surface area contributed by atoms with Crippen LogP contribution in [0.15, 0.2) is 45.4 Å². The second-order valence-electron chi connectivity index (χ2n) is 4.24. The molecule has 6 heteroatoms. The van der Waals surface area contributed by atoms with Crippen LogP contribution in [0, 0.1) is 0 Å². The topological polar surface area (TPSA) is 66.0 Å². The van der Waals surface area contributed by atoms with Gasteiger partial charge in [-0.15, -0.1) is 23.1 Å². The van der Waals surface area contributed by atoms with E-state index in [1.54, 1.807) is 11.8 Å². The largest absolute Gasteiger partial charge is 0.392 e. The number of aliphatic hydroxyl groups excluding tert-OH is 1. The van der Waals surface area contributed by atoms with E-state index in [2.05, 4.69) is 9.97 Å². The highest BCUT2D eigenvalue weighted by Gasteiger charge is 2.05. The van der Waals surface area contributed by atoms with Gasteiger partial charge in [-0.05, 0) is 29.1 Å². The quantitative estimate of drug-likeness (QED) is 0.727. The lowest BCUT2D eigenvalue weighted by atomic mass is 10.2. The van der Waals surface area contributed by atoms with Crippen molar-refractivity contribution in [2.45, 2.75) is 17.3 Å². The van der Waals surface area contributed by atoms with Gasteiger partial charge in [0.05, 0.1) is 17.9 Å². The molecule has 0 aliphatic carbocycles. The van der Waals surface area contributed by atoms with Crippen LogP contribution in [0.3, 0.4) is 0 Å². The summed E-state index contributed by atoms with van der Waals surface area (Å²) in [5, 5.41) is 11.0. The van der Waals surface area contributed by atoms with E-state index in [-0.39, 0.29) is 12.2 Å². The summed E-state index contributed by atoms with van der Waals surface area (Å²) in [6.45, 7) is 0.0321. The number of hydrogen-bond acceptors (Lipinski definition) is 5. The van der Waals surface area contributed by atoms with Gasteiger partial charge in [0.15, 0.2) is 0 Å². The van der Waals surface area contributed by atoms with E-state index in [9.17, 15) is 4.79 Å². The van der Waals surface area contributed by atoms with E-state index in [1.807, 2.05) is 35.7 Å². The summed E-state index contributed by atoms with van der Waals surface area (Å²) in [7, 11) is 0. The van der Waals surface area contributed by atoms with Crippen molar-refractivity contribution < 1.29 is 5.11 Å². The molecule has 0 aliphatic heterocycles. The summed E-state index contributed by atoms with van der Waals surface area (Å²) in [6, 6.07) is 9.56. The maximum Gasteiger partial charge on any atom is 0.268 e. The van der Waals surface area contributed by atoms with Crippen LogP contribution in [0.1, 0.15) is 11.4 Å². The summed E-state index contributed by atoms with van der Waals surface area (Å²) < 4.78 is 0.668. The average molecular weight is 304 g/mol. The fourth-order valence-electron chi connectivity index (χ4n) is 1.88. The van der Waals surface area contributed by atoms with Gasteiger partial charge in [0.2, 0.25) is 0 Å². The minimum Gasteiger partial charge on any atom is -0.392 e. The third kappa shape index (κ3) is 2.77. The number of thiophene rings is 1. The summed E-state index contributed by atoms with van der Waals surface area (Å²) in [6.07, 6.45) is 0. The summed E-state index contributed by atoms with van der Waals surface area (Å²) >= 11 is 2.98. The zero-order chi connectivity index (χ0) is 13.9. The van der Waals surface area contributed by atoms with E-state index < -0.39 is 0 Å². The number of fused-ring (bicyclic) bond motifs is 1. The summed E-state index contributed by atoms with van der Waals surface area (Å²) in [5.41, 5.74) is 1.55. The SMILES string of the molecule is O=c1[nH]c(CSc2cccc(CO)c2)nc2ccsc12. The molecule has 0 aliphatic rings. The van der Waals surface area contributed by atoms with Crippen LogP contribution >= 0.6 is 23.1 Å². The van der Waals surface area contributed by atoms with Crippen LogP contribution in [-0.2, 0) is 12.4 Å². The highest BCUT2D eigenvalue weighted by atomic mass is 32.2. The van der Waals surface area contributed by atoms with Gasteiger partial charge in [0, 0.05) is 4.90 Å². The number of aromatic amines is 1. The number of rotatable bonds is 4. The van der Waals surface area contributed by atoms with E-state index in [0.29, 0.717) is 16.3 Å². The summed E-state index contributed by atoms with van der Waals surface area (Å²) in [5.74, 6) is 1.26. The lowest BCUT2D eigenvalue weighted by Crippen LogP contribution is -2.09. The van der Waals surface area contributed by atoms with Crippen LogP contribution < -0.4 is 5.56 Å². The predicted octanol–water partition coefficient (Wildman–Crippen LogP) is 2.77. The van der Waals surface area contributed by atoms with Gasteiger partial charge in [-0.3, -0.25) is 4.79 Å². The number of nitrogens with one attached hydrogen (secondary N) is 1. The van der Waals surface area contributed by atoms with Gasteiger partial charge in [-0.25, -0.2) is 4.98 Å². The second kappa shape index (κ2) is 5.78. The van der Waals surface area contributed by atoms with Crippen LogP contribution in [0.2, 0.25) is 0 Å². The molecule has 0 saturated carbocycles. The fourth-order valence-corrected chi connectivity index (χ4v) is 3.45. The zero-order valence-electron chi connectivity index (χ0n) is 10.5. The molecule has 0 unspecified atom stereocenters. The molecule has 2 heterocycles. The number of aromatic nitrogens is 2. The number of hydrogen-bond donors (Lipinski definition) is 2. The third-order valence-corrected chi connectivity index (χ3v) is 4.73. The molecule has 0 bridgehead atoms. The van der Waals surface area contributed by atoms with Crippen molar-refractivity contribution in [3.05, 3.63) is 57.5 Å². The van der Waals surface area contributed by atoms with Crippen LogP contribution in [0.25, 0.3) is 10.2 Å². The Kier molecular flexibility index (Phi) is 3.86. The first-order valence-electron chi connectivity index (χ1n) is 6.05. The average Bonchev–Trinajstić information content (AvgIpc) is 2.94. The molecule has 0 saturated heterocycles. The third-order valence-electron chi connectivity index (χ3n) is 2.82. The van der Waals surface area contributed by atoms with Crippen molar-refractivity contribution in [2.24, 2.45) is 0 Å². The Morgan fingerprint density at radius 1 is 1.35 bits per heavy atom. The zero-order valence-corrected chi connectivity index (χ0v) is 12.1. The predicted molar refractivity (Wildman–Crippen MR) is 82.2 cm³/mol. The number of benzene rings is 1. The Morgan fingerprint density at radius 3 is 3.10 bits per heavy atom. The molecule has 4 nitrogen and oxygen atoms in total. The molecule has 0 amide bonds. The van der Waals surface area contributed by atoms with E-state index in [1.165, 1.54) is 11.3 Å². The number of H-pyrrole nitrogens is 1. The van der Waals surface area contributed by atoms with E-state index >= 15 is 0 Å². The Hall–Kier alpha value is -1.63. The molecule has 1 aromatic carbocycles. The van der Waals surface area contributed by atoms with Gasteiger partial charge < -0.3 is 10.1 Å². The van der Waals surface area contributed by atoms with E-state index in [0.717, 1.165) is 16.0 Å².